The number of nitrogens with two attached hydrogens (primary N) is 1. The standard InChI is InChI=1S/C16H15N3O2/c1-19(10-11-5-4-8-21-11)16(20)15-9-13(17)12-6-2-3-7-14(12)18-15/h2-9H,10H2,1H3,(H2,17,18). The number of carbonyl (C=O) groups excluding carboxylic acids is 1. The van der Waals surface area contributed by atoms with Gasteiger partial charge in [-0.2, -0.15) is 0 Å². The second-order valence-corrected chi connectivity index (χ2v) is 4.85. The summed E-state index contributed by atoms with van der Waals surface area (Å²) in [6.07, 6.45) is 1.58. The fourth-order valence-corrected chi connectivity index (χ4v) is 2.22. The molecule has 0 radical (unpaired) electrons. The SMILES string of the molecule is CN(Cc1ccco1)C(=O)c1cc(N)c2ccccc2n1. The summed E-state index contributed by atoms with van der Waals surface area (Å²) in [5.41, 5.74) is 7.60. The van der Waals surface area contributed by atoms with Crippen LogP contribution >= 0.6 is 0 Å². The number of fused-ring (bicyclic) bond motifs is 1. The molecule has 21 heavy (non-hydrogen) atoms. The van der Waals surface area contributed by atoms with E-state index in [1.54, 1.807) is 30.3 Å². The van der Waals surface area contributed by atoms with E-state index < -0.39 is 0 Å². The summed E-state index contributed by atoms with van der Waals surface area (Å²) in [6, 6.07) is 12.7. The van der Waals surface area contributed by atoms with Crippen LogP contribution in [-0.4, -0.2) is 22.8 Å². The van der Waals surface area contributed by atoms with E-state index in [1.807, 2.05) is 30.3 Å². The first-order valence-electron chi connectivity index (χ1n) is 6.58. The van der Waals surface area contributed by atoms with Crippen LogP contribution in [0.3, 0.4) is 0 Å². The predicted octanol–water partition coefficient (Wildman–Crippen LogP) is 2.68. The molecule has 0 bridgehead atoms. The van der Waals surface area contributed by atoms with Crippen LogP contribution in [0.1, 0.15) is 16.2 Å². The van der Waals surface area contributed by atoms with E-state index in [-0.39, 0.29) is 5.91 Å². The maximum atomic E-state index is 12.4. The van der Waals surface area contributed by atoms with E-state index in [2.05, 4.69) is 4.98 Å². The third-order valence-electron chi connectivity index (χ3n) is 3.29. The van der Waals surface area contributed by atoms with E-state index in [0.717, 1.165) is 11.1 Å². The van der Waals surface area contributed by atoms with Crippen LogP contribution in [-0.2, 0) is 6.54 Å². The molecule has 0 saturated heterocycles. The van der Waals surface area contributed by atoms with Gasteiger partial charge in [-0.3, -0.25) is 4.79 Å². The highest BCUT2D eigenvalue weighted by atomic mass is 16.3. The van der Waals surface area contributed by atoms with Crippen molar-refractivity contribution in [3.63, 3.8) is 0 Å². The molecule has 0 fully saturated rings. The number of rotatable bonds is 3. The molecular formula is C16H15N3O2. The van der Waals surface area contributed by atoms with E-state index in [1.165, 1.54) is 0 Å². The number of nitrogen functional groups attached to an aromatic ring is 1. The smallest absolute Gasteiger partial charge is 0.272 e. The number of hydrogen-bond donors (Lipinski definition) is 1. The van der Waals surface area contributed by atoms with Gasteiger partial charge in [-0.05, 0) is 24.3 Å². The monoisotopic (exact) mass is 281 g/mol. The number of furan rings is 1. The Labute approximate surface area is 122 Å². The lowest BCUT2D eigenvalue weighted by Gasteiger charge is -2.16. The minimum absolute atomic E-state index is 0.191. The maximum Gasteiger partial charge on any atom is 0.272 e. The Morgan fingerprint density at radius 3 is 2.86 bits per heavy atom. The van der Waals surface area contributed by atoms with Gasteiger partial charge in [0, 0.05) is 18.1 Å². The van der Waals surface area contributed by atoms with Crippen LogP contribution in [0, 0.1) is 0 Å². The first kappa shape index (κ1) is 13.2. The van der Waals surface area contributed by atoms with E-state index in [9.17, 15) is 4.79 Å². The minimum Gasteiger partial charge on any atom is -0.467 e. The lowest BCUT2D eigenvalue weighted by Crippen LogP contribution is -2.27. The predicted molar refractivity (Wildman–Crippen MR) is 80.7 cm³/mol. The van der Waals surface area contributed by atoms with E-state index in [4.69, 9.17) is 10.2 Å². The molecule has 5 nitrogen and oxygen atoms in total. The third-order valence-corrected chi connectivity index (χ3v) is 3.29. The first-order valence-corrected chi connectivity index (χ1v) is 6.58. The van der Waals surface area contributed by atoms with Crippen LogP contribution in [0.15, 0.2) is 53.1 Å². The van der Waals surface area contributed by atoms with Gasteiger partial charge in [0.05, 0.1) is 18.3 Å². The molecule has 3 aromatic rings. The molecule has 2 N–H and O–H groups in total. The van der Waals surface area contributed by atoms with Crippen molar-refractivity contribution in [1.82, 2.24) is 9.88 Å². The highest BCUT2D eigenvalue weighted by Crippen LogP contribution is 2.21. The molecule has 3 rings (SSSR count). The summed E-state index contributed by atoms with van der Waals surface area (Å²) >= 11 is 0. The fraction of sp³-hybridized carbons (Fsp3) is 0.125. The molecule has 2 heterocycles. The molecule has 0 atom stereocenters. The van der Waals surface area contributed by atoms with Gasteiger partial charge in [0.25, 0.3) is 5.91 Å². The van der Waals surface area contributed by atoms with Gasteiger partial charge < -0.3 is 15.1 Å². The van der Waals surface area contributed by atoms with Crippen molar-refractivity contribution in [2.24, 2.45) is 0 Å². The van der Waals surface area contributed by atoms with Crippen LogP contribution in [0.25, 0.3) is 10.9 Å². The summed E-state index contributed by atoms with van der Waals surface area (Å²) in [7, 11) is 1.71. The van der Waals surface area contributed by atoms with Gasteiger partial charge in [-0.15, -0.1) is 0 Å². The zero-order valence-electron chi connectivity index (χ0n) is 11.6. The van der Waals surface area contributed by atoms with Gasteiger partial charge in [0.2, 0.25) is 0 Å². The Balaban J connectivity index is 1.90. The number of para-hydroxylation sites is 1. The number of aromatic nitrogens is 1. The third kappa shape index (κ3) is 2.58. The highest BCUT2D eigenvalue weighted by Gasteiger charge is 2.16. The van der Waals surface area contributed by atoms with Crippen LogP contribution in [0.2, 0.25) is 0 Å². The summed E-state index contributed by atoms with van der Waals surface area (Å²) in [6.45, 7) is 0.389. The average Bonchev–Trinajstić information content (AvgIpc) is 2.99. The van der Waals surface area contributed by atoms with Crippen LogP contribution < -0.4 is 5.73 Å². The number of carbonyl (C=O) groups is 1. The molecule has 0 saturated carbocycles. The Bertz CT molecular complexity index is 781. The van der Waals surface area contributed by atoms with Crippen molar-refractivity contribution in [2.75, 3.05) is 12.8 Å². The quantitative estimate of drug-likeness (QED) is 0.801. The topological polar surface area (TPSA) is 72.4 Å². The van der Waals surface area contributed by atoms with Crippen molar-refractivity contribution >= 4 is 22.5 Å². The lowest BCUT2D eigenvalue weighted by molar-refractivity contribution is 0.0770. The minimum atomic E-state index is -0.191. The van der Waals surface area contributed by atoms with Crippen molar-refractivity contribution in [3.05, 3.63) is 60.2 Å². The second kappa shape index (κ2) is 5.28. The van der Waals surface area contributed by atoms with Crippen LogP contribution in [0.4, 0.5) is 5.69 Å². The summed E-state index contributed by atoms with van der Waals surface area (Å²) in [5, 5.41) is 0.850. The molecule has 0 aliphatic heterocycles. The average molecular weight is 281 g/mol. The molecule has 106 valence electrons. The molecule has 2 aromatic heterocycles. The maximum absolute atomic E-state index is 12.4. The van der Waals surface area contributed by atoms with Crippen molar-refractivity contribution in [3.8, 4) is 0 Å². The van der Waals surface area contributed by atoms with Gasteiger partial charge in [0.1, 0.15) is 11.5 Å². The molecule has 1 amide bonds. The van der Waals surface area contributed by atoms with Crippen LogP contribution in [0.5, 0.6) is 0 Å². The molecule has 1 aromatic carbocycles. The number of anilines is 1. The Kier molecular flexibility index (Phi) is 3.31. The van der Waals surface area contributed by atoms with Gasteiger partial charge in [0.15, 0.2) is 0 Å². The Morgan fingerprint density at radius 2 is 2.10 bits per heavy atom. The molecule has 0 unspecified atom stereocenters. The first-order chi connectivity index (χ1) is 10.1. The van der Waals surface area contributed by atoms with E-state index >= 15 is 0 Å². The summed E-state index contributed by atoms with van der Waals surface area (Å²) in [5.74, 6) is 0.531. The summed E-state index contributed by atoms with van der Waals surface area (Å²) < 4.78 is 5.25. The number of hydrogen-bond acceptors (Lipinski definition) is 4. The zero-order valence-corrected chi connectivity index (χ0v) is 11.6. The lowest BCUT2D eigenvalue weighted by atomic mass is 10.1. The molecule has 0 aliphatic carbocycles. The number of nitrogens with zero attached hydrogens (tertiary/aromatic N) is 2. The number of benzene rings is 1. The molecular weight excluding hydrogens is 266 g/mol. The van der Waals surface area contributed by atoms with E-state index in [0.29, 0.717) is 23.4 Å². The second-order valence-electron chi connectivity index (χ2n) is 4.85. The van der Waals surface area contributed by atoms with Crippen molar-refractivity contribution in [1.29, 1.82) is 0 Å². The normalized spacial score (nSPS) is 10.7. The fourth-order valence-electron chi connectivity index (χ4n) is 2.22. The highest BCUT2D eigenvalue weighted by molar-refractivity contribution is 5.99. The number of amides is 1. The Morgan fingerprint density at radius 1 is 1.29 bits per heavy atom. The molecule has 5 heteroatoms. The molecule has 0 spiro atoms. The van der Waals surface area contributed by atoms with Crippen molar-refractivity contribution < 1.29 is 9.21 Å². The van der Waals surface area contributed by atoms with Gasteiger partial charge in [-0.25, -0.2) is 4.98 Å². The van der Waals surface area contributed by atoms with Crippen molar-refractivity contribution in [2.45, 2.75) is 6.54 Å². The largest absolute Gasteiger partial charge is 0.467 e. The number of pyridine rings is 1. The Hall–Kier alpha value is -2.82. The zero-order chi connectivity index (χ0) is 14.8. The van der Waals surface area contributed by atoms with Gasteiger partial charge in [-0.1, -0.05) is 18.2 Å². The summed E-state index contributed by atoms with van der Waals surface area (Å²) in [4.78, 5) is 18.4. The molecule has 0 aliphatic rings. The van der Waals surface area contributed by atoms with Gasteiger partial charge >= 0.3 is 0 Å².